The summed E-state index contributed by atoms with van der Waals surface area (Å²) in [5.41, 5.74) is 10.2. The molecule has 0 unspecified atom stereocenters. The van der Waals surface area contributed by atoms with Gasteiger partial charge >= 0.3 is 0 Å². The lowest BCUT2D eigenvalue weighted by Gasteiger charge is -2.06. The molecule has 2 rings (SSSR count). The van der Waals surface area contributed by atoms with Crippen LogP contribution in [-0.4, -0.2) is 11.1 Å². The molecular weight excluding hydrogens is 403 g/mol. The fourth-order valence-corrected chi connectivity index (χ4v) is 2.29. The highest BCUT2D eigenvalue weighted by Crippen LogP contribution is 2.17. The number of nitrogens with zero attached hydrogens (tertiary/aromatic N) is 2. The van der Waals surface area contributed by atoms with Crippen molar-refractivity contribution in [3.05, 3.63) is 46.8 Å². The molecule has 23 heavy (non-hydrogen) atoms. The predicted molar refractivity (Wildman–Crippen MR) is 105 cm³/mol. The number of halogens is 1. The van der Waals surface area contributed by atoms with E-state index in [4.69, 9.17) is 10.3 Å². The molecule has 1 aromatic carbocycles. The van der Waals surface area contributed by atoms with Crippen molar-refractivity contribution < 1.29 is 4.52 Å². The van der Waals surface area contributed by atoms with Gasteiger partial charge in [0, 0.05) is 17.7 Å². The number of nitrogens with one attached hydrogen (secondary N) is 1. The summed E-state index contributed by atoms with van der Waals surface area (Å²) >= 11 is 0. The third-order valence-corrected chi connectivity index (χ3v) is 3.65. The molecule has 5 nitrogen and oxygen atoms in total. The molecule has 0 aliphatic heterocycles. The topological polar surface area (TPSA) is 76.4 Å². The molecule has 0 atom stereocenters. The van der Waals surface area contributed by atoms with Gasteiger partial charge in [0.15, 0.2) is 5.96 Å². The summed E-state index contributed by atoms with van der Waals surface area (Å²) < 4.78 is 5.33. The van der Waals surface area contributed by atoms with Gasteiger partial charge in [-0.25, -0.2) is 4.99 Å². The molecule has 0 fully saturated rings. The molecule has 0 amide bonds. The Bertz CT molecular complexity index is 613. The fraction of sp³-hybridized carbons (Fsp3) is 0.412. The van der Waals surface area contributed by atoms with Crippen LogP contribution in [0.2, 0.25) is 0 Å². The van der Waals surface area contributed by atoms with Crippen LogP contribution in [0.3, 0.4) is 0 Å². The largest absolute Gasteiger partial charge is 0.370 e. The quantitative estimate of drug-likeness (QED) is 0.416. The van der Waals surface area contributed by atoms with Crippen LogP contribution in [-0.2, 0) is 25.8 Å². The number of aliphatic imine (C=N–C) groups is 1. The molecule has 0 aliphatic rings. The Morgan fingerprint density at radius 1 is 1.13 bits per heavy atom. The van der Waals surface area contributed by atoms with Crippen molar-refractivity contribution in [1.82, 2.24) is 5.16 Å². The number of anilines is 1. The van der Waals surface area contributed by atoms with E-state index >= 15 is 0 Å². The number of nitrogens with two attached hydrogens (primary N) is 1. The van der Waals surface area contributed by atoms with E-state index in [1.54, 1.807) is 0 Å². The first-order valence-corrected chi connectivity index (χ1v) is 7.80. The van der Waals surface area contributed by atoms with E-state index in [-0.39, 0.29) is 24.0 Å². The zero-order valence-corrected chi connectivity index (χ0v) is 16.3. The predicted octanol–water partition coefficient (Wildman–Crippen LogP) is 3.91. The number of aromatic nitrogens is 1. The molecule has 1 heterocycles. The van der Waals surface area contributed by atoms with Crippen molar-refractivity contribution in [1.29, 1.82) is 0 Å². The molecule has 0 saturated heterocycles. The second-order valence-corrected chi connectivity index (χ2v) is 5.12. The average Bonchev–Trinajstić information content (AvgIpc) is 2.95. The third kappa shape index (κ3) is 5.23. The Labute approximate surface area is 154 Å². The SMILES string of the molecule is CCc1ccc(NC(N)=NCc2c(CC)noc2CC)cc1.I. The van der Waals surface area contributed by atoms with E-state index in [2.05, 4.69) is 41.4 Å². The van der Waals surface area contributed by atoms with E-state index in [0.29, 0.717) is 12.5 Å². The molecule has 0 radical (unpaired) electrons. The van der Waals surface area contributed by atoms with Crippen molar-refractivity contribution >= 4 is 35.6 Å². The zero-order chi connectivity index (χ0) is 15.9. The summed E-state index contributed by atoms with van der Waals surface area (Å²) in [6, 6.07) is 8.19. The molecule has 0 saturated carbocycles. The van der Waals surface area contributed by atoms with E-state index in [0.717, 1.165) is 42.0 Å². The van der Waals surface area contributed by atoms with E-state index in [1.165, 1.54) is 5.56 Å². The summed E-state index contributed by atoms with van der Waals surface area (Å²) in [4.78, 5) is 4.41. The summed E-state index contributed by atoms with van der Waals surface area (Å²) in [5, 5.41) is 7.19. The first-order chi connectivity index (χ1) is 10.7. The maximum atomic E-state index is 5.96. The third-order valence-electron chi connectivity index (χ3n) is 3.65. The average molecular weight is 428 g/mol. The van der Waals surface area contributed by atoms with E-state index < -0.39 is 0 Å². The van der Waals surface area contributed by atoms with Gasteiger partial charge in [-0.2, -0.15) is 0 Å². The van der Waals surface area contributed by atoms with Gasteiger partial charge in [-0.1, -0.05) is 38.1 Å². The minimum absolute atomic E-state index is 0. The Kier molecular flexibility index (Phi) is 8.08. The van der Waals surface area contributed by atoms with Crippen molar-refractivity contribution in [2.75, 3.05) is 5.32 Å². The van der Waals surface area contributed by atoms with Crippen LogP contribution in [0, 0.1) is 0 Å². The van der Waals surface area contributed by atoms with Gasteiger partial charge in [0.1, 0.15) is 5.76 Å². The highest BCUT2D eigenvalue weighted by molar-refractivity contribution is 14.0. The minimum atomic E-state index is 0. The Morgan fingerprint density at radius 3 is 2.39 bits per heavy atom. The van der Waals surface area contributed by atoms with Crippen LogP contribution in [0.5, 0.6) is 0 Å². The zero-order valence-electron chi connectivity index (χ0n) is 13.9. The number of guanidine groups is 1. The van der Waals surface area contributed by atoms with Crippen LogP contribution in [0.4, 0.5) is 5.69 Å². The molecule has 1 aromatic heterocycles. The lowest BCUT2D eigenvalue weighted by atomic mass is 10.1. The fourth-order valence-electron chi connectivity index (χ4n) is 2.29. The first kappa shape index (κ1) is 19.5. The molecule has 0 aliphatic carbocycles. The van der Waals surface area contributed by atoms with Gasteiger partial charge in [0.25, 0.3) is 0 Å². The summed E-state index contributed by atoms with van der Waals surface area (Å²) in [7, 11) is 0. The number of rotatable bonds is 6. The monoisotopic (exact) mass is 428 g/mol. The number of hydrogen-bond acceptors (Lipinski definition) is 3. The van der Waals surface area contributed by atoms with Gasteiger partial charge in [0.05, 0.1) is 12.2 Å². The number of benzene rings is 1. The van der Waals surface area contributed by atoms with Crippen LogP contribution in [0.1, 0.15) is 43.4 Å². The molecule has 3 N–H and O–H groups in total. The van der Waals surface area contributed by atoms with Gasteiger partial charge < -0.3 is 15.6 Å². The van der Waals surface area contributed by atoms with Gasteiger partial charge in [-0.15, -0.1) is 24.0 Å². The number of aryl methyl sites for hydroxylation is 3. The summed E-state index contributed by atoms with van der Waals surface area (Å²) in [6.07, 6.45) is 2.67. The van der Waals surface area contributed by atoms with Gasteiger partial charge in [0.2, 0.25) is 0 Å². The maximum Gasteiger partial charge on any atom is 0.193 e. The molecule has 0 bridgehead atoms. The van der Waals surface area contributed by atoms with Crippen molar-refractivity contribution in [2.24, 2.45) is 10.7 Å². The molecule has 6 heteroatoms. The second kappa shape index (κ2) is 9.54. The Balaban J connectivity index is 0.00000264. The molecular formula is C17H25IN4O. The van der Waals surface area contributed by atoms with Gasteiger partial charge in [-0.05, 0) is 30.5 Å². The number of hydrogen-bond donors (Lipinski definition) is 2. The van der Waals surface area contributed by atoms with E-state index in [9.17, 15) is 0 Å². The van der Waals surface area contributed by atoms with E-state index in [1.807, 2.05) is 19.1 Å². The van der Waals surface area contributed by atoms with Crippen LogP contribution in [0.25, 0.3) is 0 Å². The second-order valence-electron chi connectivity index (χ2n) is 5.12. The maximum absolute atomic E-state index is 5.96. The molecule has 126 valence electrons. The lowest BCUT2D eigenvalue weighted by molar-refractivity contribution is 0.380. The highest BCUT2D eigenvalue weighted by Gasteiger charge is 2.12. The van der Waals surface area contributed by atoms with Crippen LogP contribution < -0.4 is 11.1 Å². The smallest absolute Gasteiger partial charge is 0.193 e. The highest BCUT2D eigenvalue weighted by atomic mass is 127. The van der Waals surface area contributed by atoms with Crippen molar-refractivity contribution in [2.45, 2.75) is 46.6 Å². The normalized spacial score (nSPS) is 11.2. The summed E-state index contributed by atoms with van der Waals surface area (Å²) in [6.45, 7) is 6.72. The van der Waals surface area contributed by atoms with Crippen LogP contribution >= 0.6 is 24.0 Å². The Morgan fingerprint density at radius 2 is 1.83 bits per heavy atom. The standard InChI is InChI=1S/C17H24N4O.HI/c1-4-12-7-9-13(10-8-12)20-17(18)19-11-14-15(5-2)21-22-16(14)6-3;/h7-10H,4-6,11H2,1-3H3,(H3,18,19,20);1H. The summed E-state index contributed by atoms with van der Waals surface area (Å²) in [5.74, 6) is 1.29. The lowest BCUT2D eigenvalue weighted by Crippen LogP contribution is -2.22. The van der Waals surface area contributed by atoms with Gasteiger partial charge in [-0.3, -0.25) is 0 Å². The molecule has 0 spiro atoms. The van der Waals surface area contributed by atoms with Crippen molar-refractivity contribution in [3.8, 4) is 0 Å². The molecule has 2 aromatic rings. The van der Waals surface area contributed by atoms with Crippen molar-refractivity contribution in [3.63, 3.8) is 0 Å². The Hall–Kier alpha value is -1.57. The first-order valence-electron chi connectivity index (χ1n) is 7.80. The van der Waals surface area contributed by atoms with Crippen LogP contribution in [0.15, 0.2) is 33.8 Å². The minimum Gasteiger partial charge on any atom is -0.370 e.